The van der Waals surface area contributed by atoms with Crippen LogP contribution in [0.5, 0.6) is 0 Å². The van der Waals surface area contributed by atoms with E-state index in [1.165, 1.54) is 6.92 Å². The summed E-state index contributed by atoms with van der Waals surface area (Å²) in [6.07, 6.45) is -0.0602. The minimum Gasteiger partial charge on any atom is -0.396 e. The monoisotopic (exact) mass is 184 g/mol. The van der Waals surface area contributed by atoms with Crippen molar-refractivity contribution in [1.29, 1.82) is 0 Å². The van der Waals surface area contributed by atoms with Crippen LogP contribution in [0.25, 0.3) is 0 Å². The van der Waals surface area contributed by atoms with Crippen molar-refractivity contribution in [1.82, 2.24) is 0 Å². The summed E-state index contributed by atoms with van der Waals surface area (Å²) in [6.45, 7) is 1.58. The Morgan fingerprint density at radius 2 is 1.25 bits per heavy atom. The van der Waals surface area contributed by atoms with E-state index in [-0.39, 0.29) is 34.7 Å². The fourth-order valence-electron chi connectivity index (χ4n) is 0.0707. The molecule has 0 aromatic carbocycles. The quantitative estimate of drug-likeness (QED) is 0.497. The Labute approximate surface area is 75.5 Å². The fraction of sp³-hybridized carbons (Fsp3) is 1.00. The smallest absolute Gasteiger partial charge is 0.0742 e. The zero-order chi connectivity index (χ0) is 8.41. The highest BCUT2D eigenvalue weighted by Gasteiger charge is 1.83. The minimum absolute atomic E-state index is 0. The van der Waals surface area contributed by atoms with E-state index in [0.717, 1.165) is 0 Å². The van der Waals surface area contributed by atoms with Crippen molar-refractivity contribution in [3.05, 3.63) is 0 Å². The molecule has 0 heterocycles. The summed E-state index contributed by atoms with van der Waals surface area (Å²) in [5.41, 5.74) is 0. The van der Waals surface area contributed by atoms with E-state index in [1.807, 2.05) is 0 Å². The van der Waals surface area contributed by atoms with Gasteiger partial charge >= 0.3 is 0 Å². The van der Waals surface area contributed by atoms with Gasteiger partial charge in [-0.2, -0.15) is 0 Å². The van der Waals surface area contributed by atoms with Crippen molar-refractivity contribution < 1.29 is 20.4 Å². The molecule has 1 atom stereocenters. The van der Waals surface area contributed by atoms with E-state index >= 15 is 0 Å². The first-order chi connectivity index (χ1) is 4.68. The predicted molar refractivity (Wildman–Crippen MR) is 51.0 cm³/mol. The SMILES string of the molecule is C.C.CC(O)CO.OCCCO. The average Bonchev–Trinajstić information content (AvgIpc) is 1.91. The molecule has 80 valence electrons. The largest absolute Gasteiger partial charge is 0.396 e. The predicted octanol–water partition coefficient (Wildman–Crippen LogP) is -0.00720. The van der Waals surface area contributed by atoms with Gasteiger partial charge in [-0.05, 0) is 13.3 Å². The van der Waals surface area contributed by atoms with Crippen LogP contribution < -0.4 is 0 Å². The molecular weight excluding hydrogens is 160 g/mol. The Hall–Kier alpha value is -0.160. The van der Waals surface area contributed by atoms with Crippen LogP contribution >= 0.6 is 0 Å². The molecule has 0 rings (SSSR count). The molecule has 0 bridgehead atoms. The zero-order valence-corrected chi connectivity index (χ0v) is 6.19. The Morgan fingerprint density at radius 3 is 1.25 bits per heavy atom. The van der Waals surface area contributed by atoms with Gasteiger partial charge in [0.05, 0.1) is 12.7 Å². The number of hydrogen-bond donors (Lipinski definition) is 4. The highest BCUT2D eigenvalue weighted by molar-refractivity contribution is 4.34. The number of hydrogen-bond acceptors (Lipinski definition) is 4. The summed E-state index contributed by atoms with van der Waals surface area (Å²) >= 11 is 0. The molecule has 0 saturated carbocycles. The molecule has 1 unspecified atom stereocenters. The first-order valence-corrected chi connectivity index (χ1v) is 3.19. The van der Waals surface area contributed by atoms with E-state index in [4.69, 9.17) is 20.4 Å². The van der Waals surface area contributed by atoms with Gasteiger partial charge in [0.2, 0.25) is 0 Å². The van der Waals surface area contributed by atoms with Crippen molar-refractivity contribution in [3.8, 4) is 0 Å². The molecule has 0 aliphatic carbocycles. The van der Waals surface area contributed by atoms with Gasteiger partial charge in [0.25, 0.3) is 0 Å². The maximum atomic E-state index is 8.11. The maximum absolute atomic E-state index is 8.11. The van der Waals surface area contributed by atoms with Crippen LogP contribution in [-0.4, -0.2) is 46.4 Å². The Kier molecular flexibility index (Phi) is 42.3. The van der Waals surface area contributed by atoms with Crippen molar-refractivity contribution in [2.45, 2.75) is 34.3 Å². The van der Waals surface area contributed by atoms with Gasteiger partial charge in [0, 0.05) is 13.2 Å². The summed E-state index contributed by atoms with van der Waals surface area (Å²) in [6, 6.07) is 0. The zero-order valence-electron chi connectivity index (χ0n) is 6.19. The lowest BCUT2D eigenvalue weighted by molar-refractivity contribution is 0.110. The molecular formula is C8H24O4. The molecule has 0 saturated heterocycles. The fourth-order valence-corrected chi connectivity index (χ4v) is 0.0707. The van der Waals surface area contributed by atoms with Crippen LogP contribution in [0.1, 0.15) is 28.2 Å². The van der Waals surface area contributed by atoms with Gasteiger partial charge in [0.1, 0.15) is 0 Å². The second-order valence-electron chi connectivity index (χ2n) is 1.83. The Balaban J connectivity index is -0.0000000457. The number of aliphatic hydroxyl groups is 4. The van der Waals surface area contributed by atoms with Crippen molar-refractivity contribution in [2.75, 3.05) is 19.8 Å². The third-order valence-corrected chi connectivity index (χ3v) is 0.580. The van der Waals surface area contributed by atoms with Gasteiger partial charge in [-0.25, -0.2) is 0 Å². The van der Waals surface area contributed by atoms with E-state index in [0.29, 0.717) is 6.42 Å². The average molecular weight is 184 g/mol. The van der Waals surface area contributed by atoms with Gasteiger partial charge in [-0.3, -0.25) is 0 Å². The first kappa shape index (κ1) is 22.6. The molecule has 0 radical (unpaired) electrons. The van der Waals surface area contributed by atoms with Gasteiger partial charge in [-0.1, -0.05) is 14.9 Å². The molecule has 12 heavy (non-hydrogen) atoms. The van der Waals surface area contributed by atoms with Gasteiger partial charge in [0.15, 0.2) is 0 Å². The summed E-state index contributed by atoms with van der Waals surface area (Å²) < 4.78 is 0. The number of rotatable bonds is 3. The van der Waals surface area contributed by atoms with Crippen LogP contribution in [0.4, 0.5) is 0 Å². The van der Waals surface area contributed by atoms with Crippen molar-refractivity contribution in [3.63, 3.8) is 0 Å². The number of aliphatic hydroxyl groups excluding tert-OH is 4. The lowest BCUT2D eigenvalue weighted by Gasteiger charge is -1.90. The molecule has 0 fully saturated rings. The highest BCUT2D eigenvalue weighted by atomic mass is 16.3. The Bertz CT molecular complexity index is 46.3. The second kappa shape index (κ2) is 22.4. The topological polar surface area (TPSA) is 80.9 Å². The van der Waals surface area contributed by atoms with E-state index < -0.39 is 6.10 Å². The van der Waals surface area contributed by atoms with Crippen LogP contribution in [0.15, 0.2) is 0 Å². The van der Waals surface area contributed by atoms with Crippen molar-refractivity contribution in [2.24, 2.45) is 0 Å². The third-order valence-electron chi connectivity index (χ3n) is 0.580. The molecule has 0 aromatic heterocycles. The summed E-state index contributed by atoms with van der Waals surface area (Å²) in [5, 5.41) is 31.8. The second-order valence-corrected chi connectivity index (χ2v) is 1.83. The maximum Gasteiger partial charge on any atom is 0.0742 e. The summed E-state index contributed by atoms with van der Waals surface area (Å²) in [4.78, 5) is 0. The van der Waals surface area contributed by atoms with E-state index in [9.17, 15) is 0 Å². The molecule has 0 aromatic rings. The van der Waals surface area contributed by atoms with E-state index in [2.05, 4.69) is 0 Å². The lowest BCUT2D eigenvalue weighted by atomic mass is 10.5. The molecule has 0 amide bonds. The summed E-state index contributed by atoms with van der Waals surface area (Å²) in [7, 11) is 0. The third kappa shape index (κ3) is 52.1. The van der Waals surface area contributed by atoms with E-state index in [1.54, 1.807) is 0 Å². The lowest BCUT2D eigenvalue weighted by Crippen LogP contribution is -2.03. The van der Waals surface area contributed by atoms with Crippen LogP contribution in [0.3, 0.4) is 0 Å². The molecule has 4 heteroatoms. The standard InChI is InChI=1S/2C3H8O2.2CH4/c1-3(5)2-4;4-2-1-3-5;;/h3-5H,2H2,1H3;4-5H,1-3H2;2*1H4. The van der Waals surface area contributed by atoms with Crippen LogP contribution in [0, 0.1) is 0 Å². The highest BCUT2D eigenvalue weighted by Crippen LogP contribution is 1.68. The van der Waals surface area contributed by atoms with Gasteiger partial charge < -0.3 is 20.4 Å². The first-order valence-electron chi connectivity index (χ1n) is 3.19. The Morgan fingerprint density at radius 1 is 1.00 bits per heavy atom. The van der Waals surface area contributed by atoms with Crippen molar-refractivity contribution >= 4 is 0 Å². The molecule has 0 aliphatic rings. The van der Waals surface area contributed by atoms with Gasteiger partial charge in [-0.15, -0.1) is 0 Å². The summed E-state index contributed by atoms with van der Waals surface area (Å²) in [5.74, 6) is 0. The molecule has 4 nitrogen and oxygen atoms in total. The van der Waals surface area contributed by atoms with Crippen LogP contribution in [-0.2, 0) is 0 Å². The molecule has 0 aliphatic heterocycles. The minimum atomic E-state index is -0.560. The normalized spacial score (nSPS) is 9.75. The molecule has 0 spiro atoms. The molecule has 4 N–H and O–H groups in total. The van der Waals surface area contributed by atoms with Crippen LogP contribution in [0.2, 0.25) is 0 Å².